The van der Waals surface area contributed by atoms with Gasteiger partial charge in [-0.2, -0.15) is 0 Å². The fourth-order valence-electron chi connectivity index (χ4n) is 3.36. The van der Waals surface area contributed by atoms with E-state index in [1.165, 1.54) is 41.0 Å². The number of hydrogen-bond donors (Lipinski definition) is 2. The quantitative estimate of drug-likeness (QED) is 0.400. The molecule has 1 aromatic heterocycles. The van der Waals surface area contributed by atoms with Crippen LogP contribution in [0.2, 0.25) is 0 Å². The zero-order valence-corrected chi connectivity index (χ0v) is 19.5. The van der Waals surface area contributed by atoms with Gasteiger partial charge in [0.25, 0.3) is 15.9 Å². The van der Waals surface area contributed by atoms with Crippen molar-refractivity contribution in [3.8, 4) is 0 Å². The summed E-state index contributed by atoms with van der Waals surface area (Å²) in [5, 5.41) is 2.80. The highest BCUT2D eigenvalue weighted by molar-refractivity contribution is 7.92. The molecule has 3 aromatic carbocycles. The van der Waals surface area contributed by atoms with Crippen molar-refractivity contribution in [2.75, 3.05) is 30.7 Å². The molecule has 2 N–H and O–H groups in total. The molecule has 1 heterocycles. The number of sulfonamides is 1. The molecule has 176 valence electrons. The van der Waals surface area contributed by atoms with Crippen molar-refractivity contribution in [3.05, 3.63) is 88.9 Å². The van der Waals surface area contributed by atoms with Gasteiger partial charge in [-0.05, 0) is 68.7 Å². The summed E-state index contributed by atoms with van der Waals surface area (Å²) in [5.41, 5.74) is 2.22. The Bertz CT molecular complexity index is 1470. The fraction of sp³-hybridized carbons (Fsp3) is 0.167. The second-order valence-electron chi connectivity index (χ2n) is 7.96. The molecular formula is C24H24N4O5S. The maximum Gasteiger partial charge on any atom is 0.419 e. The summed E-state index contributed by atoms with van der Waals surface area (Å²) in [6, 6.07) is 19.1. The van der Waals surface area contributed by atoms with E-state index in [0.717, 1.165) is 0 Å². The van der Waals surface area contributed by atoms with Crippen LogP contribution >= 0.6 is 0 Å². The molecule has 1 amide bonds. The Kier molecular flexibility index (Phi) is 6.53. The largest absolute Gasteiger partial charge is 0.419 e. The van der Waals surface area contributed by atoms with Gasteiger partial charge < -0.3 is 14.6 Å². The average molecular weight is 481 g/mol. The molecule has 4 aromatic rings. The van der Waals surface area contributed by atoms with Gasteiger partial charge >= 0.3 is 5.76 Å². The van der Waals surface area contributed by atoms with Crippen LogP contribution < -0.4 is 15.8 Å². The van der Waals surface area contributed by atoms with E-state index in [2.05, 4.69) is 10.0 Å². The van der Waals surface area contributed by atoms with Gasteiger partial charge in [0.15, 0.2) is 5.58 Å². The number of benzene rings is 3. The van der Waals surface area contributed by atoms with Crippen molar-refractivity contribution in [2.24, 2.45) is 0 Å². The van der Waals surface area contributed by atoms with Crippen molar-refractivity contribution in [1.29, 1.82) is 0 Å². The Hall–Kier alpha value is -3.89. The zero-order valence-electron chi connectivity index (χ0n) is 18.7. The molecule has 0 unspecified atom stereocenters. The van der Waals surface area contributed by atoms with Crippen LogP contribution in [-0.2, 0) is 16.6 Å². The highest BCUT2D eigenvalue weighted by Crippen LogP contribution is 2.20. The molecule has 0 bridgehead atoms. The fourth-order valence-corrected chi connectivity index (χ4v) is 4.44. The van der Waals surface area contributed by atoms with Crippen LogP contribution in [0.4, 0.5) is 11.4 Å². The van der Waals surface area contributed by atoms with Crippen LogP contribution in [0.5, 0.6) is 0 Å². The van der Waals surface area contributed by atoms with Gasteiger partial charge in [-0.1, -0.05) is 18.2 Å². The first-order chi connectivity index (χ1) is 16.2. The number of likely N-dealkylation sites (N-methyl/N-ethyl adjacent to an activating group) is 1. The lowest BCUT2D eigenvalue weighted by Gasteiger charge is -2.10. The van der Waals surface area contributed by atoms with E-state index in [-0.39, 0.29) is 10.8 Å². The molecule has 9 nitrogen and oxygen atoms in total. The predicted octanol–water partition coefficient (Wildman–Crippen LogP) is 3.21. The number of carbonyl (C=O) groups excluding carboxylic acids is 1. The Morgan fingerprint density at radius 1 is 0.971 bits per heavy atom. The van der Waals surface area contributed by atoms with E-state index in [9.17, 15) is 18.0 Å². The van der Waals surface area contributed by atoms with Crippen LogP contribution in [0, 0.1) is 0 Å². The average Bonchev–Trinajstić information content (AvgIpc) is 3.12. The van der Waals surface area contributed by atoms with Gasteiger partial charge in [0.1, 0.15) is 0 Å². The van der Waals surface area contributed by atoms with Crippen LogP contribution in [-0.4, -0.2) is 44.4 Å². The molecule has 0 spiro atoms. The molecule has 0 aliphatic carbocycles. The third-order valence-corrected chi connectivity index (χ3v) is 6.55. The summed E-state index contributed by atoms with van der Waals surface area (Å²) in [6.45, 7) is 1.11. The molecule has 34 heavy (non-hydrogen) atoms. The first kappa shape index (κ1) is 23.3. The molecule has 0 fully saturated rings. The van der Waals surface area contributed by atoms with Crippen LogP contribution in [0.3, 0.4) is 0 Å². The van der Waals surface area contributed by atoms with E-state index >= 15 is 0 Å². The summed E-state index contributed by atoms with van der Waals surface area (Å²) in [4.78, 5) is 27.0. The molecule has 0 radical (unpaired) electrons. The number of rotatable bonds is 8. The minimum absolute atomic E-state index is 0.149. The lowest BCUT2D eigenvalue weighted by Crippen LogP contribution is -2.23. The summed E-state index contributed by atoms with van der Waals surface area (Å²) >= 11 is 0. The van der Waals surface area contributed by atoms with Gasteiger partial charge in [0, 0.05) is 30.0 Å². The maximum absolute atomic E-state index is 12.7. The number of oxazole rings is 1. The lowest BCUT2D eigenvalue weighted by molar-refractivity contribution is 0.102. The smallest absolute Gasteiger partial charge is 0.408 e. The highest BCUT2D eigenvalue weighted by atomic mass is 32.2. The zero-order chi connectivity index (χ0) is 24.3. The van der Waals surface area contributed by atoms with Crippen molar-refractivity contribution in [2.45, 2.75) is 11.4 Å². The Morgan fingerprint density at radius 3 is 2.32 bits per heavy atom. The van der Waals surface area contributed by atoms with Crippen molar-refractivity contribution < 1.29 is 17.6 Å². The van der Waals surface area contributed by atoms with E-state index in [4.69, 9.17) is 4.42 Å². The SMILES string of the molecule is CN(C)CCn1c(=O)oc2ccc(NC(=O)c3ccc(NS(=O)(=O)c4ccccc4)cc3)cc21. The number of aromatic nitrogens is 1. The maximum atomic E-state index is 12.7. The van der Waals surface area contributed by atoms with E-state index < -0.39 is 15.8 Å². The highest BCUT2D eigenvalue weighted by Gasteiger charge is 2.15. The molecule has 0 aliphatic rings. The van der Waals surface area contributed by atoms with Crippen molar-refractivity contribution >= 4 is 38.4 Å². The Balaban J connectivity index is 1.48. The third-order valence-electron chi connectivity index (χ3n) is 5.15. The minimum Gasteiger partial charge on any atom is -0.408 e. The van der Waals surface area contributed by atoms with Crippen molar-refractivity contribution in [1.82, 2.24) is 9.47 Å². The number of anilines is 2. The first-order valence-electron chi connectivity index (χ1n) is 10.5. The van der Waals surface area contributed by atoms with E-state index in [1.54, 1.807) is 36.4 Å². The number of amides is 1. The third kappa shape index (κ3) is 5.19. The Labute approximate surface area is 196 Å². The molecule has 0 atom stereocenters. The van der Waals surface area contributed by atoms with Crippen LogP contribution in [0.25, 0.3) is 11.1 Å². The molecule has 0 saturated carbocycles. The lowest BCUT2D eigenvalue weighted by atomic mass is 10.2. The number of carbonyl (C=O) groups is 1. The van der Waals surface area contributed by atoms with E-state index in [0.29, 0.717) is 41.1 Å². The number of nitrogens with zero attached hydrogens (tertiary/aromatic N) is 2. The van der Waals surface area contributed by atoms with Crippen LogP contribution in [0.15, 0.2) is 86.9 Å². The minimum atomic E-state index is -3.72. The molecule has 4 rings (SSSR count). The number of fused-ring (bicyclic) bond motifs is 1. The molecule has 0 saturated heterocycles. The monoisotopic (exact) mass is 480 g/mol. The normalized spacial score (nSPS) is 11.6. The van der Waals surface area contributed by atoms with Crippen molar-refractivity contribution in [3.63, 3.8) is 0 Å². The summed E-state index contributed by atoms with van der Waals surface area (Å²) < 4.78 is 34.2. The van der Waals surface area contributed by atoms with Gasteiger partial charge in [-0.15, -0.1) is 0 Å². The summed E-state index contributed by atoms with van der Waals surface area (Å²) in [5.74, 6) is -0.823. The summed E-state index contributed by atoms with van der Waals surface area (Å²) in [6.07, 6.45) is 0. The predicted molar refractivity (Wildman–Crippen MR) is 131 cm³/mol. The topological polar surface area (TPSA) is 114 Å². The Morgan fingerprint density at radius 2 is 1.65 bits per heavy atom. The summed E-state index contributed by atoms with van der Waals surface area (Å²) in [7, 11) is 0.109. The second kappa shape index (κ2) is 9.54. The first-order valence-corrected chi connectivity index (χ1v) is 12.0. The second-order valence-corrected chi connectivity index (χ2v) is 9.64. The van der Waals surface area contributed by atoms with Gasteiger partial charge in [-0.3, -0.25) is 14.1 Å². The molecule has 0 aliphatic heterocycles. The van der Waals surface area contributed by atoms with Crippen LogP contribution in [0.1, 0.15) is 10.4 Å². The number of nitrogens with one attached hydrogen (secondary N) is 2. The van der Waals surface area contributed by atoms with E-state index in [1.807, 2.05) is 19.0 Å². The molecular weight excluding hydrogens is 456 g/mol. The molecule has 10 heteroatoms. The standard InChI is InChI=1S/C24H24N4O5S/c1-27(2)14-15-28-21-16-19(12-13-22(21)33-24(28)30)25-23(29)17-8-10-18(11-9-17)26-34(31,32)20-6-4-3-5-7-20/h3-13,16,26H,14-15H2,1-2H3,(H,25,29). The number of hydrogen-bond acceptors (Lipinski definition) is 6. The van der Waals surface area contributed by atoms with Gasteiger partial charge in [0.05, 0.1) is 10.4 Å². The van der Waals surface area contributed by atoms with Gasteiger partial charge in [-0.25, -0.2) is 13.2 Å². The van der Waals surface area contributed by atoms with Gasteiger partial charge in [0.2, 0.25) is 0 Å².